The largest absolute Gasteiger partial charge is 0.760 e. The molecule has 0 spiro atoms. The van der Waals surface area contributed by atoms with E-state index in [9.17, 15) is 8.76 Å². The summed E-state index contributed by atoms with van der Waals surface area (Å²) in [6.45, 7) is 0.786. The van der Waals surface area contributed by atoms with Crippen molar-refractivity contribution in [3.63, 3.8) is 0 Å². The SMILES string of the molecule is COCOCCNS(=O)[O-]. The van der Waals surface area contributed by atoms with Crippen molar-refractivity contribution in [3.05, 3.63) is 0 Å². The molecule has 1 atom stereocenters. The van der Waals surface area contributed by atoms with Crippen molar-refractivity contribution in [3.8, 4) is 0 Å². The molecule has 0 amide bonds. The van der Waals surface area contributed by atoms with E-state index < -0.39 is 11.3 Å². The van der Waals surface area contributed by atoms with E-state index in [0.717, 1.165) is 0 Å². The Kier molecular flexibility index (Phi) is 7.09. The van der Waals surface area contributed by atoms with Crippen LogP contribution in [-0.4, -0.2) is 35.8 Å². The summed E-state index contributed by atoms with van der Waals surface area (Å²) >= 11 is -2.19. The highest BCUT2D eigenvalue weighted by Gasteiger charge is 1.84. The predicted octanol–water partition coefficient (Wildman–Crippen LogP) is -1.01. The molecule has 0 aliphatic carbocycles. The molecule has 0 radical (unpaired) electrons. The van der Waals surface area contributed by atoms with Gasteiger partial charge in [0, 0.05) is 24.9 Å². The first kappa shape index (κ1) is 9.99. The summed E-state index contributed by atoms with van der Waals surface area (Å²) in [5, 5.41) is 0. The smallest absolute Gasteiger partial charge is 0.146 e. The van der Waals surface area contributed by atoms with E-state index in [2.05, 4.69) is 9.46 Å². The summed E-state index contributed by atoms with van der Waals surface area (Å²) in [5.74, 6) is 0. The van der Waals surface area contributed by atoms with E-state index in [1.54, 1.807) is 0 Å². The first-order valence-corrected chi connectivity index (χ1v) is 3.74. The first-order chi connectivity index (χ1) is 4.77. The molecule has 5 nitrogen and oxygen atoms in total. The van der Waals surface area contributed by atoms with Crippen LogP contribution in [0.3, 0.4) is 0 Å². The van der Waals surface area contributed by atoms with E-state index in [1.165, 1.54) is 7.11 Å². The van der Waals surface area contributed by atoms with Crippen LogP contribution in [0, 0.1) is 0 Å². The molecule has 1 N–H and O–H groups in total. The van der Waals surface area contributed by atoms with Crippen LogP contribution in [0.25, 0.3) is 0 Å². The average Bonchev–Trinajstić information content (AvgIpc) is 1.87. The minimum atomic E-state index is -2.19. The van der Waals surface area contributed by atoms with Gasteiger partial charge in [-0.2, -0.15) is 0 Å². The highest BCUT2D eigenvalue weighted by molar-refractivity contribution is 7.77. The molecule has 0 saturated carbocycles. The molecule has 0 aliphatic heterocycles. The maximum atomic E-state index is 9.83. The van der Waals surface area contributed by atoms with Crippen LogP contribution in [0.15, 0.2) is 0 Å². The topological polar surface area (TPSA) is 70.6 Å². The summed E-state index contributed by atoms with van der Waals surface area (Å²) in [6.07, 6.45) is 0. The molecule has 62 valence electrons. The number of hydrogen-bond donors (Lipinski definition) is 1. The Hall–Kier alpha value is -0.0100. The van der Waals surface area contributed by atoms with Gasteiger partial charge >= 0.3 is 0 Å². The molecular weight excluding hydrogens is 158 g/mol. The van der Waals surface area contributed by atoms with Crippen molar-refractivity contribution in [2.75, 3.05) is 27.1 Å². The first-order valence-electron chi connectivity index (χ1n) is 2.67. The summed E-state index contributed by atoms with van der Waals surface area (Å²) < 4.78 is 31.1. The highest BCUT2D eigenvalue weighted by Crippen LogP contribution is 1.73. The Balaban J connectivity index is 2.84. The molecule has 1 unspecified atom stereocenters. The van der Waals surface area contributed by atoms with Crippen molar-refractivity contribution < 1.29 is 18.2 Å². The van der Waals surface area contributed by atoms with Gasteiger partial charge in [0.2, 0.25) is 0 Å². The summed E-state index contributed by atoms with van der Waals surface area (Å²) in [6, 6.07) is 0. The van der Waals surface area contributed by atoms with Crippen molar-refractivity contribution in [1.29, 1.82) is 0 Å². The maximum absolute atomic E-state index is 9.83. The fourth-order valence-electron chi connectivity index (χ4n) is 0.339. The molecule has 0 aliphatic rings. The standard InChI is InChI=1S/C4H11NO4S/c1-8-4-9-3-2-5-10(6)7/h5H,2-4H2,1H3,(H,6,7)/p-1. The third kappa shape index (κ3) is 7.99. The number of hydrogen-bond acceptors (Lipinski definition) is 4. The number of ether oxygens (including phenoxy) is 2. The predicted molar refractivity (Wildman–Crippen MR) is 34.8 cm³/mol. The molecule has 0 rings (SSSR count). The molecular formula is C4H10NO4S-. The van der Waals surface area contributed by atoms with Crippen LogP contribution in [0.5, 0.6) is 0 Å². The van der Waals surface area contributed by atoms with Gasteiger partial charge in [0.15, 0.2) is 0 Å². The van der Waals surface area contributed by atoms with Crippen LogP contribution in [0.2, 0.25) is 0 Å². The number of rotatable bonds is 6. The third-order valence-corrected chi connectivity index (χ3v) is 1.11. The zero-order chi connectivity index (χ0) is 7.82. The molecule has 0 saturated heterocycles. The van der Waals surface area contributed by atoms with Gasteiger partial charge in [-0.15, -0.1) is 0 Å². The van der Waals surface area contributed by atoms with Gasteiger partial charge in [0.25, 0.3) is 0 Å². The summed E-state index contributed by atoms with van der Waals surface area (Å²) in [4.78, 5) is 0. The van der Waals surface area contributed by atoms with Gasteiger partial charge in [-0.1, -0.05) is 0 Å². The maximum Gasteiger partial charge on any atom is 0.146 e. The van der Waals surface area contributed by atoms with Crippen molar-refractivity contribution in [2.24, 2.45) is 0 Å². The molecule has 10 heavy (non-hydrogen) atoms. The quantitative estimate of drug-likeness (QED) is 0.313. The van der Waals surface area contributed by atoms with Gasteiger partial charge in [-0.05, 0) is 0 Å². The number of nitrogens with one attached hydrogen (secondary N) is 1. The molecule has 0 heterocycles. The Morgan fingerprint density at radius 3 is 2.90 bits per heavy atom. The lowest BCUT2D eigenvalue weighted by Crippen LogP contribution is -2.21. The van der Waals surface area contributed by atoms with Crippen molar-refractivity contribution in [2.45, 2.75) is 0 Å². The summed E-state index contributed by atoms with van der Waals surface area (Å²) in [7, 11) is 1.50. The summed E-state index contributed by atoms with van der Waals surface area (Å²) in [5.41, 5.74) is 0. The van der Waals surface area contributed by atoms with E-state index in [1.807, 2.05) is 0 Å². The molecule has 0 bridgehead atoms. The highest BCUT2D eigenvalue weighted by atomic mass is 32.2. The molecule has 6 heteroatoms. The third-order valence-electron chi connectivity index (χ3n) is 0.667. The fourth-order valence-corrected chi connectivity index (χ4v) is 0.589. The van der Waals surface area contributed by atoms with Gasteiger partial charge in [0.05, 0.1) is 6.61 Å². The molecule has 0 fully saturated rings. The Morgan fingerprint density at radius 1 is 1.70 bits per heavy atom. The normalized spacial score (nSPS) is 13.4. The van der Waals surface area contributed by atoms with Gasteiger partial charge in [0.1, 0.15) is 6.79 Å². The lowest BCUT2D eigenvalue weighted by Gasteiger charge is -2.06. The molecule has 0 aromatic carbocycles. The van der Waals surface area contributed by atoms with E-state index in [-0.39, 0.29) is 13.3 Å². The van der Waals surface area contributed by atoms with Crippen molar-refractivity contribution >= 4 is 11.3 Å². The van der Waals surface area contributed by atoms with Crippen molar-refractivity contribution in [1.82, 2.24) is 4.72 Å². The lowest BCUT2D eigenvalue weighted by molar-refractivity contribution is -0.0279. The van der Waals surface area contributed by atoms with Crippen LogP contribution in [0.1, 0.15) is 0 Å². The molecule has 0 aromatic rings. The van der Waals surface area contributed by atoms with Crippen LogP contribution in [0.4, 0.5) is 0 Å². The lowest BCUT2D eigenvalue weighted by atomic mass is 10.7. The average molecular weight is 168 g/mol. The minimum Gasteiger partial charge on any atom is -0.760 e. The zero-order valence-electron chi connectivity index (χ0n) is 5.66. The van der Waals surface area contributed by atoms with Crippen LogP contribution >= 0.6 is 0 Å². The number of methoxy groups -OCH3 is 1. The van der Waals surface area contributed by atoms with Crippen LogP contribution in [-0.2, 0) is 20.7 Å². The van der Waals surface area contributed by atoms with Crippen LogP contribution < -0.4 is 4.72 Å². The van der Waals surface area contributed by atoms with Gasteiger partial charge < -0.3 is 14.0 Å². The Bertz CT molecular complexity index is 99.3. The second-order valence-electron chi connectivity index (χ2n) is 1.44. The monoisotopic (exact) mass is 168 g/mol. The van der Waals surface area contributed by atoms with E-state index in [0.29, 0.717) is 6.61 Å². The molecule has 0 aromatic heterocycles. The van der Waals surface area contributed by atoms with E-state index >= 15 is 0 Å². The Labute approximate surface area is 62.1 Å². The van der Waals surface area contributed by atoms with Gasteiger partial charge in [-0.25, -0.2) is 4.72 Å². The fraction of sp³-hybridized carbons (Fsp3) is 1.00. The minimum absolute atomic E-state index is 0.188. The zero-order valence-corrected chi connectivity index (χ0v) is 6.48. The van der Waals surface area contributed by atoms with Gasteiger partial charge in [-0.3, -0.25) is 4.21 Å². The van der Waals surface area contributed by atoms with E-state index in [4.69, 9.17) is 4.74 Å². The Morgan fingerprint density at radius 2 is 2.40 bits per heavy atom. The second-order valence-corrected chi connectivity index (χ2v) is 2.20. The second kappa shape index (κ2) is 7.10.